The molecule has 0 saturated carbocycles. The highest BCUT2D eigenvalue weighted by atomic mass is 32.1. The molecule has 0 radical (unpaired) electrons. The van der Waals surface area contributed by atoms with Gasteiger partial charge in [-0.1, -0.05) is 44.2 Å². The molecule has 23 heavy (non-hydrogen) atoms. The van der Waals surface area contributed by atoms with Crippen LogP contribution in [0.4, 0.5) is 11.4 Å². The monoisotopic (exact) mass is 328 g/mol. The second-order valence-electron chi connectivity index (χ2n) is 5.17. The number of para-hydroxylation sites is 3. The first kappa shape index (κ1) is 17.3. The topological polar surface area (TPSA) is 33.3 Å². The molecule has 0 fully saturated rings. The van der Waals surface area contributed by atoms with Gasteiger partial charge in [-0.15, -0.1) is 0 Å². The molecule has 0 amide bonds. The summed E-state index contributed by atoms with van der Waals surface area (Å²) in [5, 5.41) is 7.18. The summed E-state index contributed by atoms with van der Waals surface area (Å²) in [4.78, 5) is 0. The Kier molecular flexibility index (Phi) is 6.41. The van der Waals surface area contributed by atoms with Crippen molar-refractivity contribution in [2.45, 2.75) is 33.6 Å². The van der Waals surface area contributed by atoms with Gasteiger partial charge in [-0.2, -0.15) is 0 Å². The number of rotatable bonds is 6. The van der Waals surface area contributed by atoms with Crippen molar-refractivity contribution in [1.29, 1.82) is 0 Å². The minimum absolute atomic E-state index is 0.577. The van der Waals surface area contributed by atoms with Crippen LogP contribution in [0.3, 0.4) is 0 Å². The number of anilines is 2. The number of aryl methyl sites for hydroxylation is 2. The van der Waals surface area contributed by atoms with Crippen LogP contribution in [0, 0.1) is 0 Å². The van der Waals surface area contributed by atoms with Gasteiger partial charge in [0, 0.05) is 5.69 Å². The van der Waals surface area contributed by atoms with Crippen LogP contribution < -0.4 is 15.4 Å². The molecular formula is C19H24N2OS. The quantitative estimate of drug-likeness (QED) is 0.730. The molecule has 122 valence electrons. The van der Waals surface area contributed by atoms with E-state index >= 15 is 0 Å². The largest absolute Gasteiger partial charge is 0.492 e. The molecule has 2 N–H and O–H groups in total. The van der Waals surface area contributed by atoms with Crippen LogP contribution in [0.5, 0.6) is 5.75 Å². The van der Waals surface area contributed by atoms with Crippen molar-refractivity contribution >= 4 is 28.7 Å². The Morgan fingerprint density at radius 2 is 1.57 bits per heavy atom. The van der Waals surface area contributed by atoms with Crippen LogP contribution in [0.15, 0.2) is 42.5 Å². The van der Waals surface area contributed by atoms with Crippen molar-refractivity contribution in [3.05, 3.63) is 53.6 Å². The SMILES string of the molecule is CCOc1ccccc1NC(=S)Nc1c(CC)cccc1CC. The van der Waals surface area contributed by atoms with E-state index in [-0.39, 0.29) is 0 Å². The molecule has 0 aromatic heterocycles. The Morgan fingerprint density at radius 1 is 0.913 bits per heavy atom. The second-order valence-corrected chi connectivity index (χ2v) is 5.57. The van der Waals surface area contributed by atoms with Crippen molar-refractivity contribution < 1.29 is 4.74 Å². The molecule has 0 heterocycles. The van der Waals surface area contributed by atoms with Gasteiger partial charge < -0.3 is 15.4 Å². The molecule has 0 bridgehead atoms. The standard InChI is InChI=1S/C19H24N2OS/c1-4-14-10-9-11-15(5-2)18(14)21-19(23)20-16-12-7-8-13-17(16)22-6-3/h7-13H,4-6H2,1-3H3,(H2,20,21,23). The van der Waals surface area contributed by atoms with Crippen LogP contribution >= 0.6 is 12.2 Å². The number of nitrogens with one attached hydrogen (secondary N) is 2. The third-order valence-corrected chi connectivity index (χ3v) is 3.88. The number of ether oxygens (including phenoxy) is 1. The molecule has 0 saturated heterocycles. The molecule has 0 unspecified atom stereocenters. The summed E-state index contributed by atoms with van der Waals surface area (Å²) in [5.74, 6) is 0.804. The van der Waals surface area contributed by atoms with Gasteiger partial charge in [0.15, 0.2) is 5.11 Å². The summed E-state index contributed by atoms with van der Waals surface area (Å²) in [7, 11) is 0. The highest BCUT2D eigenvalue weighted by Gasteiger charge is 2.09. The predicted octanol–water partition coefficient (Wildman–Crippen LogP) is 5.02. The van der Waals surface area contributed by atoms with Crippen molar-refractivity contribution in [1.82, 2.24) is 0 Å². The Hall–Kier alpha value is -2.07. The summed E-state index contributed by atoms with van der Waals surface area (Å²) >= 11 is 5.50. The molecule has 2 aromatic carbocycles. The third kappa shape index (κ3) is 4.45. The van der Waals surface area contributed by atoms with Gasteiger partial charge in [0.2, 0.25) is 0 Å². The highest BCUT2D eigenvalue weighted by Crippen LogP contribution is 2.26. The average Bonchev–Trinajstić information content (AvgIpc) is 2.57. The molecular weight excluding hydrogens is 304 g/mol. The van der Waals surface area contributed by atoms with Gasteiger partial charge in [0.05, 0.1) is 12.3 Å². The van der Waals surface area contributed by atoms with Crippen LogP contribution in [0.2, 0.25) is 0 Å². The molecule has 0 atom stereocenters. The minimum atomic E-state index is 0.577. The van der Waals surface area contributed by atoms with Crippen LogP contribution in [0.1, 0.15) is 31.9 Å². The molecule has 2 rings (SSSR count). The number of hydrogen-bond donors (Lipinski definition) is 2. The van der Waals surface area contributed by atoms with E-state index < -0.39 is 0 Å². The van der Waals surface area contributed by atoms with Gasteiger partial charge in [0.1, 0.15) is 5.75 Å². The fourth-order valence-electron chi connectivity index (χ4n) is 2.52. The third-order valence-electron chi connectivity index (χ3n) is 3.67. The zero-order chi connectivity index (χ0) is 16.7. The number of benzene rings is 2. The van der Waals surface area contributed by atoms with Crippen molar-refractivity contribution in [3.8, 4) is 5.75 Å². The maximum absolute atomic E-state index is 5.63. The zero-order valence-corrected chi connectivity index (χ0v) is 14.8. The normalized spacial score (nSPS) is 10.2. The molecule has 0 aliphatic carbocycles. The first-order valence-electron chi connectivity index (χ1n) is 8.10. The van der Waals surface area contributed by atoms with Gasteiger partial charge in [-0.05, 0) is 55.2 Å². The van der Waals surface area contributed by atoms with E-state index in [4.69, 9.17) is 17.0 Å². The lowest BCUT2D eigenvalue weighted by Crippen LogP contribution is -2.21. The Bertz CT molecular complexity index is 648. The first-order chi connectivity index (χ1) is 11.2. The Balaban J connectivity index is 2.18. The Labute approximate surface area is 144 Å². The molecule has 0 aliphatic rings. The van der Waals surface area contributed by atoms with E-state index in [1.165, 1.54) is 11.1 Å². The van der Waals surface area contributed by atoms with E-state index in [2.05, 4.69) is 42.7 Å². The number of thiocarbonyl (C=S) groups is 1. The maximum atomic E-state index is 5.63. The van der Waals surface area contributed by atoms with Crippen molar-refractivity contribution in [3.63, 3.8) is 0 Å². The lowest BCUT2D eigenvalue weighted by molar-refractivity contribution is 0.342. The summed E-state index contributed by atoms with van der Waals surface area (Å²) in [6.45, 7) is 6.90. The maximum Gasteiger partial charge on any atom is 0.175 e. The fourth-order valence-corrected chi connectivity index (χ4v) is 2.73. The van der Waals surface area contributed by atoms with Crippen LogP contribution in [-0.4, -0.2) is 11.7 Å². The summed E-state index contributed by atoms with van der Waals surface area (Å²) in [5.41, 5.74) is 4.53. The summed E-state index contributed by atoms with van der Waals surface area (Å²) in [6, 6.07) is 14.2. The van der Waals surface area contributed by atoms with E-state index in [1.54, 1.807) is 0 Å². The number of hydrogen-bond acceptors (Lipinski definition) is 2. The highest BCUT2D eigenvalue weighted by molar-refractivity contribution is 7.80. The van der Waals surface area contributed by atoms with Crippen molar-refractivity contribution in [2.75, 3.05) is 17.2 Å². The van der Waals surface area contributed by atoms with Gasteiger partial charge in [-0.25, -0.2) is 0 Å². The van der Waals surface area contributed by atoms with E-state index in [0.29, 0.717) is 11.7 Å². The van der Waals surface area contributed by atoms with E-state index in [0.717, 1.165) is 30.0 Å². The average molecular weight is 328 g/mol. The molecule has 0 spiro atoms. The van der Waals surface area contributed by atoms with Gasteiger partial charge in [-0.3, -0.25) is 0 Å². The second kappa shape index (κ2) is 8.53. The van der Waals surface area contributed by atoms with Crippen LogP contribution in [-0.2, 0) is 12.8 Å². The van der Waals surface area contributed by atoms with Crippen LogP contribution in [0.25, 0.3) is 0 Å². The Morgan fingerprint density at radius 3 is 2.17 bits per heavy atom. The molecule has 3 nitrogen and oxygen atoms in total. The lowest BCUT2D eigenvalue weighted by Gasteiger charge is -2.18. The predicted molar refractivity (Wildman–Crippen MR) is 103 cm³/mol. The molecule has 2 aromatic rings. The van der Waals surface area contributed by atoms with E-state index in [1.807, 2.05) is 31.2 Å². The first-order valence-corrected chi connectivity index (χ1v) is 8.50. The van der Waals surface area contributed by atoms with Crippen molar-refractivity contribution in [2.24, 2.45) is 0 Å². The summed E-state index contributed by atoms with van der Waals surface area (Å²) < 4.78 is 5.63. The zero-order valence-electron chi connectivity index (χ0n) is 14.0. The fraction of sp³-hybridized carbons (Fsp3) is 0.316. The minimum Gasteiger partial charge on any atom is -0.492 e. The molecule has 4 heteroatoms. The lowest BCUT2D eigenvalue weighted by atomic mass is 10.0. The smallest absolute Gasteiger partial charge is 0.175 e. The van der Waals surface area contributed by atoms with Gasteiger partial charge in [0.25, 0.3) is 0 Å². The molecule has 0 aliphatic heterocycles. The van der Waals surface area contributed by atoms with E-state index in [9.17, 15) is 0 Å². The van der Waals surface area contributed by atoms with Gasteiger partial charge >= 0.3 is 0 Å². The summed E-state index contributed by atoms with van der Waals surface area (Å²) in [6.07, 6.45) is 1.93.